The van der Waals surface area contributed by atoms with Crippen LogP contribution >= 0.6 is 0 Å². The predicted molar refractivity (Wildman–Crippen MR) is 88.5 cm³/mol. The van der Waals surface area contributed by atoms with E-state index in [1.54, 1.807) is 19.1 Å². The molecule has 8 heteroatoms. The number of primary amides is 1. The SMILES string of the molecule is COc1cc2c(cc1OC)CN(C(=O)c1cnc(C(N)=O)cn1)CC2. The van der Waals surface area contributed by atoms with Crippen molar-refractivity contribution >= 4 is 11.8 Å². The van der Waals surface area contributed by atoms with Crippen molar-refractivity contribution in [2.75, 3.05) is 20.8 Å². The molecule has 0 bridgehead atoms. The fraction of sp³-hybridized carbons (Fsp3) is 0.294. The molecule has 25 heavy (non-hydrogen) atoms. The van der Waals surface area contributed by atoms with Crippen LogP contribution in [-0.4, -0.2) is 47.4 Å². The molecular weight excluding hydrogens is 324 g/mol. The molecular formula is C17H18N4O4. The summed E-state index contributed by atoms with van der Waals surface area (Å²) in [5.41, 5.74) is 7.45. The second kappa shape index (κ2) is 6.76. The first-order valence-electron chi connectivity index (χ1n) is 7.68. The van der Waals surface area contributed by atoms with Gasteiger partial charge in [0.15, 0.2) is 11.5 Å². The van der Waals surface area contributed by atoms with Gasteiger partial charge in [-0.15, -0.1) is 0 Å². The number of carbonyl (C=O) groups is 2. The van der Waals surface area contributed by atoms with Crippen molar-refractivity contribution in [1.82, 2.24) is 14.9 Å². The van der Waals surface area contributed by atoms with Crippen LogP contribution in [0.1, 0.15) is 32.1 Å². The number of methoxy groups -OCH3 is 2. The second-order valence-corrected chi connectivity index (χ2v) is 5.60. The van der Waals surface area contributed by atoms with Gasteiger partial charge in [0, 0.05) is 13.1 Å². The number of amides is 2. The number of fused-ring (bicyclic) bond motifs is 1. The summed E-state index contributed by atoms with van der Waals surface area (Å²) in [5.74, 6) is 0.374. The molecule has 1 aliphatic heterocycles. The largest absolute Gasteiger partial charge is 0.493 e. The van der Waals surface area contributed by atoms with E-state index in [-0.39, 0.29) is 17.3 Å². The topological polar surface area (TPSA) is 108 Å². The number of nitrogens with two attached hydrogens (primary N) is 1. The van der Waals surface area contributed by atoms with Gasteiger partial charge in [-0.25, -0.2) is 9.97 Å². The molecule has 2 amide bonds. The molecule has 1 aromatic carbocycles. The molecule has 1 aliphatic rings. The first-order chi connectivity index (χ1) is 12.0. The molecule has 130 valence electrons. The van der Waals surface area contributed by atoms with Crippen molar-refractivity contribution in [2.45, 2.75) is 13.0 Å². The maximum atomic E-state index is 12.6. The molecule has 8 nitrogen and oxygen atoms in total. The molecule has 0 saturated carbocycles. The molecule has 0 saturated heterocycles. The van der Waals surface area contributed by atoms with Crippen molar-refractivity contribution in [1.29, 1.82) is 0 Å². The Balaban J connectivity index is 1.82. The van der Waals surface area contributed by atoms with Crippen LogP contribution in [0.15, 0.2) is 24.5 Å². The normalized spacial score (nSPS) is 13.1. The summed E-state index contributed by atoms with van der Waals surface area (Å²) in [5, 5.41) is 0. The average Bonchev–Trinajstić information content (AvgIpc) is 2.65. The summed E-state index contributed by atoms with van der Waals surface area (Å²) < 4.78 is 10.6. The molecule has 0 unspecified atom stereocenters. The van der Waals surface area contributed by atoms with Gasteiger partial charge in [0.25, 0.3) is 11.8 Å². The van der Waals surface area contributed by atoms with E-state index >= 15 is 0 Å². The van der Waals surface area contributed by atoms with Crippen LogP contribution in [0, 0.1) is 0 Å². The molecule has 0 aliphatic carbocycles. The maximum Gasteiger partial charge on any atom is 0.274 e. The molecule has 2 heterocycles. The van der Waals surface area contributed by atoms with Crippen molar-refractivity contribution in [3.05, 3.63) is 47.0 Å². The summed E-state index contributed by atoms with van der Waals surface area (Å²) in [4.78, 5) is 33.2. The monoisotopic (exact) mass is 342 g/mol. The van der Waals surface area contributed by atoms with Gasteiger partial charge in [-0.05, 0) is 29.7 Å². The minimum Gasteiger partial charge on any atom is -0.493 e. The number of hydrogen-bond acceptors (Lipinski definition) is 6. The van der Waals surface area contributed by atoms with E-state index in [2.05, 4.69) is 9.97 Å². The number of carbonyl (C=O) groups excluding carboxylic acids is 2. The standard InChI is InChI=1S/C17H18N4O4/c1-24-14-5-10-3-4-21(9-11(10)6-15(14)25-2)17(23)13-8-19-12(7-20-13)16(18)22/h5-8H,3-4,9H2,1-2H3,(H2,18,22). The summed E-state index contributed by atoms with van der Waals surface area (Å²) >= 11 is 0. The maximum absolute atomic E-state index is 12.6. The highest BCUT2D eigenvalue weighted by atomic mass is 16.5. The van der Waals surface area contributed by atoms with E-state index in [0.717, 1.165) is 11.1 Å². The average molecular weight is 342 g/mol. The van der Waals surface area contributed by atoms with E-state index in [9.17, 15) is 9.59 Å². The Kier molecular flexibility index (Phi) is 4.51. The van der Waals surface area contributed by atoms with Crippen LogP contribution in [-0.2, 0) is 13.0 Å². The summed E-state index contributed by atoms with van der Waals surface area (Å²) in [6.07, 6.45) is 3.18. The first kappa shape index (κ1) is 16.7. The number of hydrogen-bond donors (Lipinski definition) is 1. The van der Waals surface area contributed by atoms with Gasteiger partial charge in [-0.1, -0.05) is 0 Å². The molecule has 0 atom stereocenters. The highest BCUT2D eigenvalue weighted by Crippen LogP contribution is 2.33. The lowest BCUT2D eigenvalue weighted by molar-refractivity contribution is 0.0727. The van der Waals surface area contributed by atoms with Crippen LogP contribution in [0.2, 0.25) is 0 Å². The number of ether oxygens (including phenoxy) is 2. The predicted octanol–water partition coefficient (Wildman–Crippen LogP) is 0.791. The van der Waals surface area contributed by atoms with Gasteiger partial charge in [0.2, 0.25) is 0 Å². The number of aromatic nitrogens is 2. The van der Waals surface area contributed by atoms with Gasteiger partial charge in [-0.2, -0.15) is 0 Å². The lowest BCUT2D eigenvalue weighted by atomic mass is 9.98. The Morgan fingerprint density at radius 3 is 2.20 bits per heavy atom. The van der Waals surface area contributed by atoms with Gasteiger partial charge in [-0.3, -0.25) is 9.59 Å². The minimum atomic E-state index is -0.681. The van der Waals surface area contributed by atoms with Crippen molar-refractivity contribution in [3.8, 4) is 11.5 Å². The van der Waals surface area contributed by atoms with E-state index in [0.29, 0.717) is 31.0 Å². The summed E-state index contributed by atoms with van der Waals surface area (Å²) in [6.45, 7) is 0.994. The Morgan fingerprint density at radius 2 is 1.64 bits per heavy atom. The van der Waals surface area contributed by atoms with E-state index < -0.39 is 5.91 Å². The summed E-state index contributed by atoms with van der Waals surface area (Å²) in [6, 6.07) is 3.83. The zero-order valence-electron chi connectivity index (χ0n) is 14.0. The van der Waals surface area contributed by atoms with Gasteiger partial charge in [0.05, 0.1) is 26.6 Å². The quantitative estimate of drug-likeness (QED) is 0.880. The van der Waals surface area contributed by atoms with E-state index in [1.807, 2.05) is 12.1 Å². The molecule has 2 N–H and O–H groups in total. The molecule has 0 radical (unpaired) electrons. The minimum absolute atomic E-state index is 0.0253. The number of benzene rings is 1. The molecule has 0 spiro atoms. The van der Waals surface area contributed by atoms with E-state index in [4.69, 9.17) is 15.2 Å². The Bertz CT molecular complexity index is 820. The zero-order chi connectivity index (χ0) is 18.0. The molecule has 3 rings (SSSR count). The fourth-order valence-electron chi connectivity index (χ4n) is 2.78. The third-order valence-electron chi connectivity index (χ3n) is 4.13. The van der Waals surface area contributed by atoms with Crippen molar-refractivity contribution in [2.24, 2.45) is 5.73 Å². The lowest BCUT2D eigenvalue weighted by Crippen LogP contribution is -2.36. The lowest BCUT2D eigenvalue weighted by Gasteiger charge is -2.29. The van der Waals surface area contributed by atoms with E-state index in [1.165, 1.54) is 12.4 Å². The van der Waals surface area contributed by atoms with Crippen LogP contribution in [0.4, 0.5) is 0 Å². The molecule has 1 aromatic heterocycles. The van der Waals surface area contributed by atoms with Crippen LogP contribution < -0.4 is 15.2 Å². The van der Waals surface area contributed by atoms with Crippen molar-refractivity contribution in [3.63, 3.8) is 0 Å². The third-order valence-corrected chi connectivity index (χ3v) is 4.13. The van der Waals surface area contributed by atoms with Gasteiger partial charge < -0.3 is 20.1 Å². The Labute approximate surface area is 144 Å². The molecule has 0 fully saturated rings. The zero-order valence-corrected chi connectivity index (χ0v) is 14.0. The van der Waals surface area contributed by atoms with Crippen LogP contribution in [0.3, 0.4) is 0 Å². The highest BCUT2D eigenvalue weighted by molar-refractivity contribution is 5.94. The number of nitrogens with zero attached hydrogens (tertiary/aromatic N) is 3. The molecule has 2 aromatic rings. The Morgan fingerprint density at radius 1 is 1.04 bits per heavy atom. The fourth-order valence-corrected chi connectivity index (χ4v) is 2.78. The third kappa shape index (κ3) is 3.23. The first-order valence-corrected chi connectivity index (χ1v) is 7.68. The van der Waals surface area contributed by atoms with Gasteiger partial charge >= 0.3 is 0 Å². The Hall–Kier alpha value is -3.16. The number of rotatable bonds is 4. The van der Waals surface area contributed by atoms with Crippen LogP contribution in [0.5, 0.6) is 11.5 Å². The van der Waals surface area contributed by atoms with Crippen LogP contribution in [0.25, 0.3) is 0 Å². The second-order valence-electron chi connectivity index (χ2n) is 5.60. The van der Waals surface area contributed by atoms with Crippen molar-refractivity contribution < 1.29 is 19.1 Å². The highest BCUT2D eigenvalue weighted by Gasteiger charge is 2.24. The van der Waals surface area contributed by atoms with Gasteiger partial charge in [0.1, 0.15) is 11.4 Å². The summed E-state index contributed by atoms with van der Waals surface area (Å²) in [7, 11) is 3.17. The smallest absolute Gasteiger partial charge is 0.274 e.